The number of nitrogens with one attached hydrogen (secondary N) is 1. The van der Waals surface area contributed by atoms with E-state index in [0.717, 1.165) is 11.4 Å². The van der Waals surface area contributed by atoms with E-state index in [2.05, 4.69) is 4.72 Å². The highest BCUT2D eigenvalue weighted by Crippen LogP contribution is 2.32. The van der Waals surface area contributed by atoms with Gasteiger partial charge in [0.25, 0.3) is 10.1 Å². The van der Waals surface area contributed by atoms with E-state index in [9.17, 15) is 26.7 Å². The van der Waals surface area contributed by atoms with Crippen molar-refractivity contribution in [1.29, 1.82) is 0 Å². The van der Waals surface area contributed by atoms with Crippen molar-refractivity contribution in [2.75, 3.05) is 38.0 Å². The van der Waals surface area contributed by atoms with Crippen molar-refractivity contribution in [2.24, 2.45) is 0 Å². The van der Waals surface area contributed by atoms with Gasteiger partial charge in [-0.1, -0.05) is 48.5 Å². The summed E-state index contributed by atoms with van der Waals surface area (Å²) in [6.07, 6.45) is -1.59. The van der Waals surface area contributed by atoms with Crippen molar-refractivity contribution < 1.29 is 30.9 Å². The number of anilines is 2. The maximum Gasteiger partial charge on any atom is 0.324 e. The number of fused-ring (bicyclic) bond motifs is 2. The molecule has 0 aliphatic rings. The van der Waals surface area contributed by atoms with Crippen molar-refractivity contribution in [3.63, 3.8) is 0 Å². The van der Waals surface area contributed by atoms with Crippen molar-refractivity contribution in [3.8, 4) is 0 Å². The zero-order chi connectivity index (χ0) is 29.4. The topological polar surface area (TPSA) is 133 Å². The molecule has 10 nitrogen and oxygen atoms in total. The van der Waals surface area contributed by atoms with Gasteiger partial charge < -0.3 is 14.9 Å². The fraction of sp³-hybridized carbons (Fsp3) is 0.250. The largest absolute Gasteiger partial charge is 0.480 e. The number of carboxylic acid groups (broad SMARTS) is 1. The van der Waals surface area contributed by atoms with Crippen LogP contribution in [-0.4, -0.2) is 68.2 Å². The lowest BCUT2D eigenvalue weighted by Crippen LogP contribution is -2.49. The summed E-state index contributed by atoms with van der Waals surface area (Å²) in [4.78, 5) is 15.6. The molecular weight excluding hydrogens is 554 g/mol. The summed E-state index contributed by atoms with van der Waals surface area (Å²) < 4.78 is 61.1. The average Bonchev–Trinajstić information content (AvgIpc) is 2.89. The second kappa shape index (κ2) is 11.0. The minimum absolute atomic E-state index is 0.139. The van der Waals surface area contributed by atoms with Crippen molar-refractivity contribution >= 4 is 59.0 Å². The monoisotopic (exact) mass is 585 g/mol. The van der Waals surface area contributed by atoms with E-state index >= 15 is 0 Å². The molecule has 2 N–H and O–H groups in total. The molecule has 0 aliphatic carbocycles. The second-order valence-corrected chi connectivity index (χ2v) is 13.0. The predicted octanol–water partition coefficient (Wildman–Crippen LogP) is 3.65. The molecule has 0 heterocycles. The molecule has 4 aromatic carbocycles. The molecule has 0 saturated carbocycles. The van der Waals surface area contributed by atoms with E-state index in [0.29, 0.717) is 21.5 Å². The molecule has 0 bridgehead atoms. The molecule has 2 atom stereocenters. The van der Waals surface area contributed by atoms with E-state index < -0.39 is 38.3 Å². The third-order valence-corrected chi connectivity index (χ3v) is 9.49. The summed E-state index contributed by atoms with van der Waals surface area (Å²) in [6.45, 7) is 1.20. The number of nitrogens with zero attached hydrogens (tertiary/aromatic N) is 2. The fourth-order valence-electron chi connectivity index (χ4n) is 4.65. The maximum atomic E-state index is 13.5. The Bertz CT molecular complexity index is 1800. The van der Waals surface area contributed by atoms with Crippen LogP contribution in [0.15, 0.2) is 82.6 Å². The number of hydrogen-bond donors (Lipinski definition) is 2. The van der Waals surface area contributed by atoms with Crippen LogP contribution in [0.5, 0.6) is 0 Å². The highest BCUT2D eigenvalue weighted by atomic mass is 32.2. The molecule has 0 aliphatic heterocycles. The highest BCUT2D eigenvalue weighted by molar-refractivity contribution is 7.89. The van der Waals surface area contributed by atoms with Crippen LogP contribution in [-0.2, 0) is 29.1 Å². The molecule has 0 saturated heterocycles. The number of rotatable bonds is 10. The summed E-state index contributed by atoms with van der Waals surface area (Å²) in [6, 6.07) is 17.8. The lowest BCUT2D eigenvalue weighted by molar-refractivity contribution is -0.141. The third kappa shape index (κ3) is 5.61. The van der Waals surface area contributed by atoms with Crippen LogP contribution in [0.25, 0.3) is 21.5 Å². The first kappa shape index (κ1) is 29.3. The van der Waals surface area contributed by atoms with E-state index in [1.165, 1.54) is 19.1 Å². The van der Waals surface area contributed by atoms with Gasteiger partial charge >= 0.3 is 5.97 Å². The molecule has 2 unspecified atom stereocenters. The van der Waals surface area contributed by atoms with Gasteiger partial charge in [0, 0.05) is 61.1 Å². The van der Waals surface area contributed by atoms with E-state index in [1.807, 2.05) is 50.1 Å². The van der Waals surface area contributed by atoms with Crippen LogP contribution in [0, 0.1) is 0 Å². The van der Waals surface area contributed by atoms with Gasteiger partial charge in [0.1, 0.15) is 17.0 Å². The average molecular weight is 586 g/mol. The summed E-state index contributed by atoms with van der Waals surface area (Å²) in [5.41, 5.74) is 1.56. The Hall–Kier alpha value is -3.71. The molecule has 0 radical (unpaired) electrons. The van der Waals surface area contributed by atoms with Gasteiger partial charge in [0.15, 0.2) is 0 Å². The minimum Gasteiger partial charge on any atom is -0.480 e. The lowest BCUT2D eigenvalue weighted by Gasteiger charge is -2.23. The Labute approximate surface area is 234 Å². The van der Waals surface area contributed by atoms with Gasteiger partial charge in [-0.2, -0.15) is 13.1 Å². The quantitative estimate of drug-likeness (QED) is 0.268. The van der Waals surface area contributed by atoms with Crippen molar-refractivity contribution in [1.82, 2.24) is 4.72 Å². The third-order valence-electron chi connectivity index (χ3n) is 6.54. The standard InChI is InChI=1S/C28H31N3O7S2/c1-18(38-40(36,37)26-17-9-11-20-22(26)13-7-15-24(20)31(4)5)27(28(32)33)29-39(34,35)25-16-8-10-19-21(25)12-6-14-23(19)30(2)3/h6-18,27,29H,1-5H3,(H,32,33). The Morgan fingerprint density at radius 2 is 1.15 bits per heavy atom. The minimum atomic E-state index is -4.50. The normalized spacial score (nSPS) is 13.7. The summed E-state index contributed by atoms with van der Waals surface area (Å²) in [5, 5.41) is 12.0. The Morgan fingerprint density at radius 3 is 1.62 bits per heavy atom. The maximum absolute atomic E-state index is 13.5. The van der Waals surface area contributed by atoms with Crippen molar-refractivity contribution in [2.45, 2.75) is 28.9 Å². The predicted molar refractivity (Wildman–Crippen MR) is 156 cm³/mol. The zero-order valence-electron chi connectivity index (χ0n) is 22.7. The molecule has 212 valence electrons. The van der Waals surface area contributed by atoms with Crippen LogP contribution in [0.2, 0.25) is 0 Å². The SMILES string of the molecule is CC(OS(=O)(=O)c1cccc2c(N(C)C)cccc12)C(NS(=O)(=O)c1cccc2c(N(C)C)cccc12)C(=O)O. The molecule has 0 aromatic heterocycles. The van der Waals surface area contributed by atoms with E-state index in [-0.39, 0.29) is 9.79 Å². The first-order valence-electron chi connectivity index (χ1n) is 12.3. The van der Waals surface area contributed by atoms with Gasteiger partial charge in [-0.3, -0.25) is 8.98 Å². The smallest absolute Gasteiger partial charge is 0.324 e. The van der Waals surface area contributed by atoms with Crippen LogP contribution < -0.4 is 14.5 Å². The van der Waals surface area contributed by atoms with Gasteiger partial charge in [-0.15, -0.1) is 0 Å². The molecule has 12 heteroatoms. The lowest BCUT2D eigenvalue weighted by atomic mass is 10.1. The summed E-state index contributed by atoms with van der Waals surface area (Å²) >= 11 is 0. The molecular formula is C28H31N3O7S2. The van der Waals surface area contributed by atoms with Gasteiger partial charge in [-0.25, -0.2) is 8.42 Å². The number of hydrogen-bond acceptors (Lipinski definition) is 8. The van der Waals surface area contributed by atoms with E-state index in [4.69, 9.17) is 4.18 Å². The fourth-order valence-corrected chi connectivity index (χ4v) is 7.43. The number of sulfonamides is 1. The molecule has 4 aromatic rings. The van der Waals surface area contributed by atoms with Crippen LogP contribution in [0.3, 0.4) is 0 Å². The van der Waals surface area contributed by atoms with Crippen LogP contribution >= 0.6 is 0 Å². The molecule has 0 fully saturated rings. The van der Waals surface area contributed by atoms with Crippen molar-refractivity contribution in [3.05, 3.63) is 72.8 Å². The molecule has 0 spiro atoms. The van der Waals surface area contributed by atoms with Crippen LogP contribution in [0.4, 0.5) is 11.4 Å². The highest BCUT2D eigenvalue weighted by Gasteiger charge is 2.35. The van der Waals surface area contributed by atoms with Gasteiger partial charge in [-0.05, 0) is 31.2 Å². The van der Waals surface area contributed by atoms with E-state index in [1.54, 1.807) is 48.5 Å². The summed E-state index contributed by atoms with van der Waals surface area (Å²) in [7, 11) is -1.61. The Kier molecular flexibility index (Phi) is 8.08. The zero-order valence-corrected chi connectivity index (χ0v) is 24.3. The Morgan fingerprint density at radius 1 is 0.725 bits per heavy atom. The molecule has 0 amide bonds. The first-order chi connectivity index (χ1) is 18.7. The molecule has 40 heavy (non-hydrogen) atoms. The van der Waals surface area contributed by atoms with Gasteiger partial charge in [0.05, 0.1) is 4.90 Å². The number of carboxylic acids is 1. The number of carbonyl (C=O) groups is 1. The Balaban J connectivity index is 1.69. The number of benzene rings is 4. The van der Waals surface area contributed by atoms with Gasteiger partial charge in [0.2, 0.25) is 10.0 Å². The van der Waals surface area contributed by atoms with Crippen LogP contribution in [0.1, 0.15) is 6.92 Å². The first-order valence-corrected chi connectivity index (χ1v) is 15.2. The number of aliphatic carboxylic acids is 1. The molecule has 4 rings (SSSR count). The second-order valence-electron chi connectivity index (χ2n) is 9.74. The summed E-state index contributed by atoms with van der Waals surface area (Å²) in [5.74, 6) is -1.59.